The summed E-state index contributed by atoms with van der Waals surface area (Å²) in [4.78, 5) is 21.6. The van der Waals surface area contributed by atoms with Crippen LogP contribution in [0, 0.1) is 15.9 Å². The molecule has 2 aromatic heterocycles. The molecule has 0 radical (unpaired) electrons. The summed E-state index contributed by atoms with van der Waals surface area (Å²) in [5.74, 6) is -0.383. The maximum absolute atomic E-state index is 13.1. The summed E-state index contributed by atoms with van der Waals surface area (Å²) in [6.07, 6.45) is 3.38. The van der Waals surface area contributed by atoms with E-state index < -0.39 is 10.7 Å². The number of nitrogens with one attached hydrogen (secondary N) is 1. The molecule has 0 aliphatic heterocycles. The van der Waals surface area contributed by atoms with E-state index in [0.717, 1.165) is 18.5 Å². The normalized spacial score (nSPS) is 10.1. The first-order chi connectivity index (χ1) is 8.61. The predicted molar refractivity (Wildman–Crippen MR) is 61.4 cm³/mol. The fourth-order valence-corrected chi connectivity index (χ4v) is 1.38. The van der Waals surface area contributed by atoms with Crippen molar-refractivity contribution in [1.29, 1.82) is 0 Å². The number of anilines is 1. The van der Waals surface area contributed by atoms with Crippen molar-refractivity contribution >= 4 is 11.6 Å². The van der Waals surface area contributed by atoms with Gasteiger partial charge in [0.25, 0.3) is 0 Å². The number of nitro groups is 1. The van der Waals surface area contributed by atoms with E-state index in [4.69, 9.17) is 0 Å². The van der Waals surface area contributed by atoms with Crippen LogP contribution >= 0.6 is 0 Å². The molecule has 0 atom stereocenters. The Morgan fingerprint density at radius 1 is 1.39 bits per heavy atom. The summed E-state index contributed by atoms with van der Waals surface area (Å²) < 4.78 is 13.1. The van der Waals surface area contributed by atoms with Gasteiger partial charge in [-0.3, -0.25) is 15.1 Å². The molecule has 0 fully saturated rings. The number of aromatic nitrogens is 3. The maximum atomic E-state index is 13.1. The highest BCUT2D eigenvalue weighted by Crippen LogP contribution is 2.27. The second-order valence-electron chi connectivity index (χ2n) is 3.33. The highest BCUT2D eigenvalue weighted by Gasteiger charge is 2.19. The molecule has 8 heteroatoms. The molecule has 0 saturated carbocycles. The van der Waals surface area contributed by atoms with Crippen molar-refractivity contribution in [3.05, 3.63) is 40.6 Å². The van der Waals surface area contributed by atoms with Crippen LogP contribution in [0.4, 0.5) is 16.0 Å². The van der Waals surface area contributed by atoms with Crippen LogP contribution in [-0.2, 0) is 0 Å². The summed E-state index contributed by atoms with van der Waals surface area (Å²) >= 11 is 0. The fraction of sp³-hybridized carbons (Fsp3) is 0.100. The third kappa shape index (κ3) is 2.21. The van der Waals surface area contributed by atoms with E-state index >= 15 is 0 Å². The second kappa shape index (κ2) is 4.70. The maximum Gasteiger partial charge on any atom is 0.313 e. The molecule has 1 N–H and O–H groups in total. The Hall–Kier alpha value is -2.64. The Morgan fingerprint density at radius 2 is 2.17 bits per heavy atom. The van der Waals surface area contributed by atoms with Crippen LogP contribution in [0.1, 0.15) is 0 Å². The van der Waals surface area contributed by atoms with Crippen molar-refractivity contribution in [2.24, 2.45) is 0 Å². The zero-order valence-corrected chi connectivity index (χ0v) is 9.29. The Balaban J connectivity index is 2.63. The molecule has 2 aromatic rings. The van der Waals surface area contributed by atoms with Gasteiger partial charge in [-0.15, -0.1) is 0 Å². The molecule has 2 heterocycles. The minimum Gasteiger partial charge on any atom is -0.357 e. The van der Waals surface area contributed by atoms with Crippen LogP contribution in [0.2, 0.25) is 0 Å². The Bertz CT molecular complexity index is 605. The highest BCUT2D eigenvalue weighted by atomic mass is 19.1. The van der Waals surface area contributed by atoms with E-state index in [-0.39, 0.29) is 22.9 Å². The van der Waals surface area contributed by atoms with E-state index in [0.29, 0.717) is 0 Å². The Kier molecular flexibility index (Phi) is 3.09. The lowest BCUT2D eigenvalue weighted by molar-refractivity contribution is -0.384. The topological polar surface area (TPSA) is 93.8 Å². The quantitative estimate of drug-likeness (QED) is 0.656. The molecule has 0 spiro atoms. The van der Waals surface area contributed by atoms with Gasteiger partial charge in [0.2, 0.25) is 5.95 Å². The van der Waals surface area contributed by atoms with Gasteiger partial charge in [0.15, 0.2) is 5.69 Å². The van der Waals surface area contributed by atoms with E-state index in [1.54, 1.807) is 7.05 Å². The monoisotopic (exact) mass is 249 g/mol. The summed E-state index contributed by atoms with van der Waals surface area (Å²) in [6.45, 7) is 0. The molecular weight excluding hydrogens is 241 g/mol. The number of hydrogen-bond donors (Lipinski definition) is 1. The molecular formula is C10H8FN5O2. The van der Waals surface area contributed by atoms with Crippen molar-refractivity contribution in [1.82, 2.24) is 15.0 Å². The minimum atomic E-state index is -0.625. The van der Waals surface area contributed by atoms with Crippen molar-refractivity contribution in [3.63, 3.8) is 0 Å². The van der Waals surface area contributed by atoms with Gasteiger partial charge in [-0.25, -0.2) is 14.4 Å². The van der Waals surface area contributed by atoms with E-state index in [1.807, 2.05) is 0 Å². The molecule has 0 saturated heterocycles. The van der Waals surface area contributed by atoms with Gasteiger partial charge in [-0.1, -0.05) is 0 Å². The molecule has 92 valence electrons. The lowest BCUT2D eigenvalue weighted by Gasteiger charge is -2.04. The van der Waals surface area contributed by atoms with Crippen molar-refractivity contribution < 1.29 is 9.31 Å². The number of hydrogen-bond acceptors (Lipinski definition) is 6. The van der Waals surface area contributed by atoms with Gasteiger partial charge in [0, 0.05) is 18.8 Å². The number of halogens is 1. The fourth-order valence-electron chi connectivity index (χ4n) is 1.38. The van der Waals surface area contributed by atoms with Gasteiger partial charge >= 0.3 is 5.69 Å². The molecule has 0 aromatic carbocycles. The standard InChI is InChI=1S/C10H8FN5O2/c1-12-10-14-5-8(16(17)18)9(15-10)6-2-7(11)4-13-3-6/h2-5H,1H3,(H,12,14,15). The van der Waals surface area contributed by atoms with Crippen molar-refractivity contribution in [2.45, 2.75) is 0 Å². The molecule has 7 nitrogen and oxygen atoms in total. The van der Waals surface area contributed by atoms with Crippen molar-refractivity contribution in [3.8, 4) is 11.3 Å². The van der Waals surface area contributed by atoms with Crippen LogP contribution in [0.3, 0.4) is 0 Å². The Morgan fingerprint density at radius 3 is 2.78 bits per heavy atom. The number of rotatable bonds is 3. The van der Waals surface area contributed by atoms with E-state index in [1.165, 1.54) is 6.20 Å². The third-order valence-corrected chi connectivity index (χ3v) is 2.17. The molecule has 0 amide bonds. The lowest BCUT2D eigenvalue weighted by atomic mass is 10.2. The average molecular weight is 249 g/mol. The lowest BCUT2D eigenvalue weighted by Crippen LogP contribution is -2.02. The van der Waals surface area contributed by atoms with Gasteiger partial charge < -0.3 is 5.32 Å². The SMILES string of the molecule is CNc1ncc([N+](=O)[O-])c(-c2cncc(F)c2)n1. The van der Waals surface area contributed by atoms with E-state index in [9.17, 15) is 14.5 Å². The van der Waals surface area contributed by atoms with Gasteiger partial charge in [0.1, 0.15) is 12.0 Å². The number of nitrogens with zero attached hydrogens (tertiary/aromatic N) is 4. The van der Waals surface area contributed by atoms with Gasteiger partial charge in [-0.2, -0.15) is 0 Å². The van der Waals surface area contributed by atoms with Gasteiger partial charge in [0.05, 0.1) is 11.1 Å². The molecule has 0 aliphatic rings. The van der Waals surface area contributed by atoms with E-state index in [2.05, 4.69) is 20.3 Å². The predicted octanol–water partition coefficient (Wildman–Crippen LogP) is 1.63. The van der Waals surface area contributed by atoms with Crippen LogP contribution in [-0.4, -0.2) is 26.9 Å². The smallest absolute Gasteiger partial charge is 0.313 e. The largest absolute Gasteiger partial charge is 0.357 e. The van der Waals surface area contributed by atoms with Crippen LogP contribution in [0.25, 0.3) is 11.3 Å². The van der Waals surface area contributed by atoms with Gasteiger partial charge in [-0.05, 0) is 6.07 Å². The first-order valence-corrected chi connectivity index (χ1v) is 4.92. The molecule has 0 aliphatic carbocycles. The molecule has 18 heavy (non-hydrogen) atoms. The summed E-state index contributed by atoms with van der Waals surface area (Å²) in [5, 5.41) is 13.5. The van der Waals surface area contributed by atoms with Crippen molar-refractivity contribution in [2.75, 3.05) is 12.4 Å². The molecule has 0 bridgehead atoms. The van der Waals surface area contributed by atoms with Crippen LogP contribution in [0.15, 0.2) is 24.7 Å². The third-order valence-electron chi connectivity index (χ3n) is 2.17. The first kappa shape index (κ1) is 11.8. The van der Waals surface area contributed by atoms with Crippen LogP contribution in [0.5, 0.6) is 0 Å². The average Bonchev–Trinajstić information content (AvgIpc) is 2.38. The molecule has 0 unspecified atom stereocenters. The Labute approximate surface area is 101 Å². The van der Waals surface area contributed by atoms with Crippen LogP contribution < -0.4 is 5.32 Å². The zero-order chi connectivity index (χ0) is 13.1. The highest BCUT2D eigenvalue weighted by molar-refractivity contribution is 5.69. The summed E-state index contributed by atoms with van der Waals surface area (Å²) in [5.41, 5.74) is -0.0617. The summed E-state index contributed by atoms with van der Waals surface area (Å²) in [7, 11) is 1.58. The number of pyridine rings is 1. The zero-order valence-electron chi connectivity index (χ0n) is 9.29. The first-order valence-electron chi connectivity index (χ1n) is 4.92. The second-order valence-corrected chi connectivity index (χ2v) is 3.33. The summed E-state index contributed by atoms with van der Waals surface area (Å²) in [6, 6.07) is 1.13. The minimum absolute atomic E-state index is 0.0198. The molecule has 2 rings (SSSR count).